The van der Waals surface area contributed by atoms with Crippen LogP contribution in [0.1, 0.15) is 37.8 Å². The quantitative estimate of drug-likeness (QED) is 0.930. The summed E-state index contributed by atoms with van der Waals surface area (Å²) in [6.45, 7) is 2.71. The lowest BCUT2D eigenvalue weighted by Crippen LogP contribution is -2.40. The van der Waals surface area contributed by atoms with E-state index in [0.29, 0.717) is 17.2 Å². The Morgan fingerprint density at radius 3 is 2.74 bits per heavy atom. The highest BCUT2D eigenvalue weighted by atomic mass is 35.5. The van der Waals surface area contributed by atoms with Gasteiger partial charge in [-0.25, -0.2) is 8.42 Å². The normalized spacial score (nSPS) is 24.0. The standard InChI is InChI=1S/C14H20ClNO2S/c1-2-16-14(11-7-3-4-8-12(11)15)13-9-5-6-10-19(13,17)18/h3-4,7-8,13-14,16H,2,5-6,9-10H2,1H3. The van der Waals surface area contributed by atoms with Gasteiger partial charge in [0.1, 0.15) is 0 Å². The first-order chi connectivity index (χ1) is 9.06. The molecular weight excluding hydrogens is 282 g/mol. The minimum atomic E-state index is -3.03. The van der Waals surface area contributed by atoms with Crippen molar-refractivity contribution >= 4 is 21.4 Å². The molecule has 1 aliphatic heterocycles. The summed E-state index contributed by atoms with van der Waals surface area (Å²) >= 11 is 6.23. The largest absolute Gasteiger partial charge is 0.309 e. The minimum Gasteiger partial charge on any atom is -0.309 e. The highest BCUT2D eigenvalue weighted by molar-refractivity contribution is 7.92. The van der Waals surface area contributed by atoms with Crippen LogP contribution < -0.4 is 5.32 Å². The van der Waals surface area contributed by atoms with Gasteiger partial charge in [0.15, 0.2) is 9.84 Å². The first-order valence-corrected chi connectivity index (χ1v) is 8.85. The van der Waals surface area contributed by atoms with Crippen molar-refractivity contribution in [2.75, 3.05) is 12.3 Å². The van der Waals surface area contributed by atoms with Crippen LogP contribution in [0.4, 0.5) is 0 Å². The lowest BCUT2D eigenvalue weighted by molar-refractivity contribution is 0.454. The molecule has 5 heteroatoms. The Kier molecular flexibility index (Phi) is 4.87. The van der Waals surface area contributed by atoms with Crippen molar-refractivity contribution in [3.05, 3.63) is 34.9 Å². The molecule has 0 bridgehead atoms. The molecule has 1 aromatic carbocycles. The van der Waals surface area contributed by atoms with Gasteiger partial charge >= 0.3 is 0 Å². The zero-order valence-electron chi connectivity index (χ0n) is 11.1. The molecule has 19 heavy (non-hydrogen) atoms. The third kappa shape index (κ3) is 3.30. The fourth-order valence-electron chi connectivity index (χ4n) is 2.74. The Morgan fingerprint density at radius 2 is 2.11 bits per heavy atom. The van der Waals surface area contributed by atoms with Gasteiger partial charge in [-0.1, -0.05) is 43.1 Å². The van der Waals surface area contributed by atoms with Crippen molar-refractivity contribution in [2.45, 2.75) is 37.5 Å². The average molecular weight is 302 g/mol. The van der Waals surface area contributed by atoms with Crippen LogP contribution in [-0.4, -0.2) is 26.0 Å². The highest BCUT2D eigenvalue weighted by Gasteiger charge is 2.36. The van der Waals surface area contributed by atoms with E-state index in [4.69, 9.17) is 11.6 Å². The first kappa shape index (κ1) is 14.8. The Bertz CT molecular complexity index is 530. The molecule has 1 saturated heterocycles. The monoisotopic (exact) mass is 301 g/mol. The predicted octanol–water partition coefficient (Wildman–Crippen LogP) is 2.96. The molecule has 1 aliphatic rings. The summed E-state index contributed by atoms with van der Waals surface area (Å²) in [4.78, 5) is 0. The van der Waals surface area contributed by atoms with E-state index >= 15 is 0 Å². The molecule has 1 N–H and O–H groups in total. The van der Waals surface area contributed by atoms with Gasteiger partial charge in [0.2, 0.25) is 0 Å². The van der Waals surface area contributed by atoms with Gasteiger partial charge < -0.3 is 5.32 Å². The molecule has 3 nitrogen and oxygen atoms in total. The Hall–Kier alpha value is -0.580. The molecule has 0 aliphatic carbocycles. The van der Waals surface area contributed by atoms with E-state index < -0.39 is 9.84 Å². The molecule has 0 amide bonds. The van der Waals surface area contributed by atoms with Crippen LogP contribution >= 0.6 is 11.6 Å². The second-order valence-electron chi connectivity index (χ2n) is 4.96. The maximum atomic E-state index is 12.3. The smallest absolute Gasteiger partial charge is 0.155 e. The van der Waals surface area contributed by atoms with Gasteiger partial charge in [-0.15, -0.1) is 0 Å². The van der Waals surface area contributed by atoms with E-state index in [1.54, 1.807) is 0 Å². The van der Waals surface area contributed by atoms with Crippen molar-refractivity contribution in [3.63, 3.8) is 0 Å². The molecular formula is C14H20ClNO2S. The molecule has 0 saturated carbocycles. The summed E-state index contributed by atoms with van der Waals surface area (Å²) in [6.07, 6.45) is 2.46. The van der Waals surface area contributed by atoms with E-state index in [-0.39, 0.29) is 11.3 Å². The number of sulfone groups is 1. The van der Waals surface area contributed by atoms with Gasteiger partial charge in [-0.05, 0) is 31.0 Å². The number of rotatable bonds is 4. The summed E-state index contributed by atoms with van der Waals surface area (Å²) in [5.74, 6) is 0.296. The summed E-state index contributed by atoms with van der Waals surface area (Å²) in [5, 5.41) is 3.57. The van der Waals surface area contributed by atoms with E-state index in [0.717, 1.165) is 24.9 Å². The molecule has 1 fully saturated rings. The van der Waals surface area contributed by atoms with Crippen LogP contribution in [-0.2, 0) is 9.84 Å². The fraction of sp³-hybridized carbons (Fsp3) is 0.571. The molecule has 0 spiro atoms. The van der Waals surface area contributed by atoms with Crippen LogP contribution in [0, 0.1) is 0 Å². The van der Waals surface area contributed by atoms with Gasteiger partial charge in [0.25, 0.3) is 0 Å². The van der Waals surface area contributed by atoms with Crippen LogP contribution in [0.3, 0.4) is 0 Å². The van der Waals surface area contributed by atoms with Crippen LogP contribution in [0.2, 0.25) is 5.02 Å². The summed E-state index contributed by atoms with van der Waals surface area (Å²) < 4.78 is 24.6. The number of nitrogens with one attached hydrogen (secondary N) is 1. The Labute approximate surface area is 120 Å². The second-order valence-corrected chi connectivity index (χ2v) is 7.70. The van der Waals surface area contributed by atoms with E-state index in [1.165, 1.54) is 0 Å². The zero-order chi connectivity index (χ0) is 13.9. The Balaban J connectivity index is 2.37. The van der Waals surface area contributed by atoms with Crippen molar-refractivity contribution < 1.29 is 8.42 Å². The predicted molar refractivity (Wildman–Crippen MR) is 79.3 cm³/mol. The van der Waals surface area contributed by atoms with E-state index in [2.05, 4.69) is 5.32 Å². The highest BCUT2D eigenvalue weighted by Crippen LogP contribution is 2.33. The molecule has 106 valence electrons. The maximum absolute atomic E-state index is 12.3. The van der Waals surface area contributed by atoms with E-state index in [9.17, 15) is 8.42 Å². The fourth-order valence-corrected chi connectivity index (χ4v) is 5.09. The molecule has 1 heterocycles. The molecule has 0 aromatic heterocycles. The molecule has 1 aromatic rings. The summed E-state index contributed by atoms with van der Waals surface area (Å²) in [5.41, 5.74) is 0.890. The summed E-state index contributed by atoms with van der Waals surface area (Å²) in [6, 6.07) is 7.30. The lowest BCUT2D eigenvalue weighted by Gasteiger charge is -2.31. The molecule has 0 radical (unpaired) electrons. The van der Waals surface area contributed by atoms with Crippen molar-refractivity contribution in [1.29, 1.82) is 0 Å². The van der Waals surface area contributed by atoms with Crippen LogP contribution in [0.25, 0.3) is 0 Å². The number of hydrogen-bond acceptors (Lipinski definition) is 3. The topological polar surface area (TPSA) is 46.2 Å². The van der Waals surface area contributed by atoms with Gasteiger partial charge in [0.05, 0.1) is 17.0 Å². The third-order valence-corrected chi connectivity index (χ3v) is 6.30. The average Bonchev–Trinajstić information content (AvgIpc) is 2.37. The van der Waals surface area contributed by atoms with Crippen LogP contribution in [0.15, 0.2) is 24.3 Å². The molecule has 2 rings (SSSR count). The van der Waals surface area contributed by atoms with E-state index in [1.807, 2.05) is 31.2 Å². The van der Waals surface area contributed by atoms with Gasteiger partial charge in [-0.3, -0.25) is 0 Å². The van der Waals surface area contributed by atoms with Crippen molar-refractivity contribution in [3.8, 4) is 0 Å². The second kappa shape index (κ2) is 6.25. The summed E-state index contributed by atoms with van der Waals surface area (Å²) in [7, 11) is -3.03. The van der Waals surface area contributed by atoms with Gasteiger partial charge in [0, 0.05) is 5.02 Å². The number of benzene rings is 1. The van der Waals surface area contributed by atoms with Crippen molar-refractivity contribution in [1.82, 2.24) is 5.32 Å². The molecule has 2 atom stereocenters. The third-order valence-electron chi connectivity index (χ3n) is 3.66. The number of halogens is 1. The molecule has 2 unspecified atom stereocenters. The number of hydrogen-bond donors (Lipinski definition) is 1. The lowest BCUT2D eigenvalue weighted by atomic mass is 9.99. The minimum absolute atomic E-state index is 0.205. The maximum Gasteiger partial charge on any atom is 0.155 e. The zero-order valence-corrected chi connectivity index (χ0v) is 12.7. The first-order valence-electron chi connectivity index (χ1n) is 6.75. The Morgan fingerprint density at radius 1 is 1.37 bits per heavy atom. The van der Waals surface area contributed by atoms with Crippen LogP contribution in [0.5, 0.6) is 0 Å². The SMILES string of the molecule is CCNC(c1ccccc1Cl)C1CCCCS1(=O)=O. The van der Waals surface area contributed by atoms with Crippen molar-refractivity contribution in [2.24, 2.45) is 0 Å². The van der Waals surface area contributed by atoms with Gasteiger partial charge in [-0.2, -0.15) is 0 Å².